The summed E-state index contributed by atoms with van der Waals surface area (Å²) in [5, 5.41) is 18.1. The Bertz CT molecular complexity index is 889. The number of aromatic nitrogens is 1. The molecule has 0 aliphatic heterocycles. The minimum Gasteiger partial charge on any atom is -0.478 e. The lowest BCUT2D eigenvalue weighted by atomic mass is 9.94. The van der Waals surface area contributed by atoms with Crippen LogP contribution in [0.1, 0.15) is 39.0 Å². The lowest BCUT2D eigenvalue weighted by Crippen LogP contribution is -2.00. The number of carbonyl (C=O) groups is 1. The molecule has 4 heteroatoms. The van der Waals surface area contributed by atoms with Crippen LogP contribution in [0.2, 0.25) is 0 Å². The average molecular weight is 316 g/mol. The van der Waals surface area contributed by atoms with Crippen molar-refractivity contribution in [3.63, 3.8) is 0 Å². The fourth-order valence-corrected chi connectivity index (χ4v) is 2.79. The number of aromatic carboxylic acids is 1. The highest BCUT2D eigenvalue weighted by molar-refractivity contribution is 5.87. The predicted molar refractivity (Wildman–Crippen MR) is 91.5 cm³/mol. The van der Waals surface area contributed by atoms with Gasteiger partial charge in [0.25, 0.3) is 0 Å². The van der Waals surface area contributed by atoms with Gasteiger partial charge in [-0.3, -0.25) is 4.98 Å². The molecule has 0 amide bonds. The molecule has 3 rings (SSSR count). The van der Waals surface area contributed by atoms with Gasteiger partial charge in [-0.05, 0) is 53.7 Å². The van der Waals surface area contributed by atoms with E-state index in [0.717, 1.165) is 29.5 Å². The maximum absolute atomic E-state index is 11.0. The van der Waals surface area contributed by atoms with E-state index in [1.165, 1.54) is 11.8 Å². The zero-order valence-electron chi connectivity index (χ0n) is 13.1. The lowest BCUT2D eigenvalue weighted by Gasteiger charge is -2.11. The Labute approximate surface area is 140 Å². The molecule has 0 unspecified atom stereocenters. The van der Waals surface area contributed by atoms with Crippen molar-refractivity contribution in [3.8, 4) is 6.07 Å². The number of hydrogen-bond acceptors (Lipinski definition) is 3. The predicted octanol–water partition coefficient (Wildman–Crippen LogP) is 3.78. The Morgan fingerprint density at radius 3 is 2.88 bits per heavy atom. The number of carboxylic acid groups (broad SMARTS) is 1. The van der Waals surface area contributed by atoms with Gasteiger partial charge in [0.15, 0.2) is 0 Å². The molecular formula is C20H16N2O2. The van der Waals surface area contributed by atoms with Crippen molar-refractivity contribution in [3.05, 3.63) is 82.2 Å². The zero-order chi connectivity index (χ0) is 16.9. The topological polar surface area (TPSA) is 74.0 Å². The molecule has 2 aromatic rings. The van der Waals surface area contributed by atoms with Crippen molar-refractivity contribution in [1.29, 1.82) is 5.26 Å². The van der Waals surface area contributed by atoms with Crippen LogP contribution in [0.25, 0.3) is 6.08 Å². The maximum Gasteiger partial charge on any atom is 0.337 e. The van der Waals surface area contributed by atoms with Crippen molar-refractivity contribution >= 4 is 12.0 Å². The Kier molecular flexibility index (Phi) is 4.53. The quantitative estimate of drug-likeness (QED) is 0.935. The SMILES string of the molecule is N#CC1=CCCc2ccc(Cc3cncc(C(=O)O)c3)cc2C=C1. The molecule has 1 heterocycles. The summed E-state index contributed by atoms with van der Waals surface area (Å²) in [5.74, 6) is -0.971. The number of carboxylic acids is 1. The number of pyridine rings is 1. The second kappa shape index (κ2) is 6.93. The third-order valence-electron chi connectivity index (χ3n) is 4.01. The maximum atomic E-state index is 11.0. The van der Waals surface area contributed by atoms with Gasteiger partial charge >= 0.3 is 5.97 Å². The van der Waals surface area contributed by atoms with Crippen molar-refractivity contribution in [2.24, 2.45) is 0 Å². The number of nitrogens with zero attached hydrogens (tertiary/aromatic N) is 2. The van der Waals surface area contributed by atoms with E-state index in [9.17, 15) is 4.79 Å². The first-order chi connectivity index (χ1) is 11.7. The molecular weight excluding hydrogens is 300 g/mol. The first-order valence-electron chi connectivity index (χ1n) is 7.73. The fourth-order valence-electron chi connectivity index (χ4n) is 2.79. The van der Waals surface area contributed by atoms with Gasteiger partial charge in [0, 0.05) is 18.0 Å². The molecule has 0 saturated heterocycles. The first-order valence-corrected chi connectivity index (χ1v) is 7.73. The second-order valence-electron chi connectivity index (χ2n) is 5.74. The minimum absolute atomic E-state index is 0.197. The monoisotopic (exact) mass is 316 g/mol. The summed E-state index contributed by atoms with van der Waals surface area (Å²) in [6.45, 7) is 0. The first kappa shape index (κ1) is 15.7. The smallest absolute Gasteiger partial charge is 0.337 e. The highest BCUT2D eigenvalue weighted by Gasteiger charge is 2.08. The molecule has 4 nitrogen and oxygen atoms in total. The summed E-state index contributed by atoms with van der Waals surface area (Å²) in [4.78, 5) is 15.0. The molecule has 1 aromatic carbocycles. The van der Waals surface area contributed by atoms with E-state index in [1.54, 1.807) is 12.3 Å². The highest BCUT2D eigenvalue weighted by Crippen LogP contribution is 2.21. The third-order valence-corrected chi connectivity index (χ3v) is 4.01. The van der Waals surface area contributed by atoms with Crippen LogP contribution in [-0.4, -0.2) is 16.1 Å². The summed E-state index contributed by atoms with van der Waals surface area (Å²) in [5.41, 5.74) is 5.19. The second-order valence-corrected chi connectivity index (χ2v) is 5.74. The fraction of sp³-hybridized carbons (Fsp3) is 0.150. The van der Waals surface area contributed by atoms with Crippen LogP contribution >= 0.6 is 0 Å². The molecule has 0 spiro atoms. The van der Waals surface area contributed by atoms with Crippen LogP contribution in [0.4, 0.5) is 0 Å². The Morgan fingerprint density at radius 1 is 1.21 bits per heavy atom. The molecule has 118 valence electrons. The summed E-state index contributed by atoms with van der Waals surface area (Å²) in [7, 11) is 0. The van der Waals surface area contributed by atoms with Crippen molar-refractivity contribution < 1.29 is 9.90 Å². The van der Waals surface area contributed by atoms with E-state index >= 15 is 0 Å². The molecule has 1 aliphatic rings. The molecule has 0 radical (unpaired) electrons. The highest BCUT2D eigenvalue weighted by atomic mass is 16.4. The van der Waals surface area contributed by atoms with E-state index in [2.05, 4.69) is 29.3 Å². The van der Waals surface area contributed by atoms with Crippen LogP contribution in [0.15, 0.2) is 54.4 Å². The average Bonchev–Trinajstić information content (AvgIpc) is 2.57. The van der Waals surface area contributed by atoms with E-state index in [0.29, 0.717) is 12.0 Å². The number of fused-ring (bicyclic) bond motifs is 1. The normalized spacial score (nSPS) is 13.2. The number of hydrogen-bond donors (Lipinski definition) is 1. The van der Waals surface area contributed by atoms with Gasteiger partial charge in [-0.25, -0.2) is 4.79 Å². The number of benzene rings is 1. The van der Waals surface area contributed by atoms with Crippen LogP contribution in [0, 0.1) is 11.3 Å². The van der Waals surface area contributed by atoms with Gasteiger partial charge in [0.1, 0.15) is 0 Å². The Hall–Kier alpha value is -3.19. The van der Waals surface area contributed by atoms with Gasteiger partial charge in [-0.1, -0.05) is 30.4 Å². The van der Waals surface area contributed by atoms with Crippen LogP contribution < -0.4 is 0 Å². The standard InChI is InChI=1S/C20H16N2O2/c21-11-14-2-1-3-17-6-5-15(9-18(17)7-4-14)8-16-10-19(20(23)24)13-22-12-16/h2,4-7,9-10,12-13H,1,3,8H2,(H,23,24). The minimum atomic E-state index is -0.971. The Morgan fingerprint density at radius 2 is 2.08 bits per heavy atom. The Balaban J connectivity index is 1.88. The molecule has 1 aliphatic carbocycles. The van der Waals surface area contributed by atoms with Crippen LogP contribution in [0.5, 0.6) is 0 Å². The number of aryl methyl sites for hydroxylation is 1. The molecule has 0 bridgehead atoms. The summed E-state index contributed by atoms with van der Waals surface area (Å²) >= 11 is 0. The molecule has 1 aromatic heterocycles. The van der Waals surface area contributed by atoms with Gasteiger partial charge < -0.3 is 5.11 Å². The van der Waals surface area contributed by atoms with E-state index in [1.807, 2.05) is 18.2 Å². The van der Waals surface area contributed by atoms with E-state index in [4.69, 9.17) is 10.4 Å². The molecule has 0 fully saturated rings. The van der Waals surface area contributed by atoms with Gasteiger partial charge in [0.05, 0.1) is 11.6 Å². The largest absolute Gasteiger partial charge is 0.478 e. The van der Waals surface area contributed by atoms with Crippen LogP contribution in [0.3, 0.4) is 0 Å². The van der Waals surface area contributed by atoms with Crippen molar-refractivity contribution in [1.82, 2.24) is 4.98 Å². The molecule has 24 heavy (non-hydrogen) atoms. The third kappa shape index (κ3) is 3.58. The van der Waals surface area contributed by atoms with Crippen molar-refractivity contribution in [2.45, 2.75) is 19.3 Å². The molecule has 1 N–H and O–H groups in total. The van der Waals surface area contributed by atoms with Gasteiger partial charge in [-0.2, -0.15) is 5.26 Å². The zero-order valence-corrected chi connectivity index (χ0v) is 13.1. The molecule has 0 atom stereocenters. The van der Waals surface area contributed by atoms with E-state index in [-0.39, 0.29) is 5.56 Å². The summed E-state index contributed by atoms with van der Waals surface area (Å²) < 4.78 is 0. The number of allylic oxidation sites excluding steroid dienone is 3. The number of rotatable bonds is 3. The van der Waals surface area contributed by atoms with Gasteiger partial charge in [-0.15, -0.1) is 0 Å². The van der Waals surface area contributed by atoms with E-state index < -0.39 is 5.97 Å². The van der Waals surface area contributed by atoms with Crippen LogP contribution in [-0.2, 0) is 12.8 Å². The van der Waals surface area contributed by atoms with Crippen molar-refractivity contribution in [2.75, 3.05) is 0 Å². The number of nitriles is 1. The summed E-state index contributed by atoms with van der Waals surface area (Å²) in [6.07, 6.45) is 11.2. The van der Waals surface area contributed by atoms with Gasteiger partial charge in [0.2, 0.25) is 0 Å². The molecule has 0 saturated carbocycles. The lowest BCUT2D eigenvalue weighted by molar-refractivity contribution is 0.0696. The summed E-state index contributed by atoms with van der Waals surface area (Å²) in [6, 6.07) is 10.1.